The summed E-state index contributed by atoms with van der Waals surface area (Å²) >= 11 is 5.92. The highest BCUT2D eigenvalue weighted by Crippen LogP contribution is 2.28. The molecule has 0 heterocycles. The van der Waals surface area contributed by atoms with Crippen LogP contribution < -0.4 is 10.5 Å². The maximum Gasteiger partial charge on any atom is 0.144 e. The third-order valence-electron chi connectivity index (χ3n) is 1.64. The van der Waals surface area contributed by atoms with Crippen molar-refractivity contribution >= 4 is 17.7 Å². The van der Waals surface area contributed by atoms with Gasteiger partial charge in [0.25, 0.3) is 0 Å². The summed E-state index contributed by atoms with van der Waals surface area (Å²) < 4.78 is 5.15. The molecule has 0 saturated carbocycles. The van der Waals surface area contributed by atoms with Gasteiger partial charge in [0.15, 0.2) is 0 Å². The number of rotatable bonds is 3. The lowest BCUT2D eigenvalue weighted by Crippen LogP contribution is -1.93. The fourth-order valence-electron chi connectivity index (χ4n) is 1.07. The second-order valence-electron chi connectivity index (χ2n) is 2.50. The van der Waals surface area contributed by atoms with E-state index in [1.165, 1.54) is 0 Å². The molecule has 0 bridgehead atoms. The van der Waals surface area contributed by atoms with Crippen LogP contribution in [-0.4, -0.2) is 13.7 Å². The zero-order valence-electron chi connectivity index (χ0n) is 7.46. The van der Waals surface area contributed by atoms with Crippen molar-refractivity contribution in [2.24, 2.45) is 5.73 Å². The minimum Gasteiger partial charge on any atom is -0.495 e. The first-order chi connectivity index (χ1) is 6.29. The summed E-state index contributed by atoms with van der Waals surface area (Å²) in [6.07, 6.45) is 3.75. The van der Waals surface area contributed by atoms with Crippen molar-refractivity contribution in [1.82, 2.24) is 0 Å². The topological polar surface area (TPSA) is 35.2 Å². The zero-order chi connectivity index (χ0) is 9.68. The summed E-state index contributed by atoms with van der Waals surface area (Å²) in [5, 5.41) is 0.613. The Balaban J connectivity index is 3.05. The van der Waals surface area contributed by atoms with Crippen LogP contribution in [0.4, 0.5) is 0 Å². The summed E-state index contributed by atoms with van der Waals surface area (Å²) in [4.78, 5) is 0. The van der Waals surface area contributed by atoms with Crippen molar-refractivity contribution < 1.29 is 4.74 Å². The fraction of sp³-hybridized carbons (Fsp3) is 0.200. The summed E-state index contributed by atoms with van der Waals surface area (Å²) in [6.45, 7) is 0.510. The van der Waals surface area contributed by atoms with Crippen molar-refractivity contribution in [3.05, 3.63) is 34.9 Å². The van der Waals surface area contributed by atoms with Gasteiger partial charge in [0.05, 0.1) is 12.1 Å². The molecule has 2 N–H and O–H groups in total. The Morgan fingerprint density at radius 1 is 1.54 bits per heavy atom. The van der Waals surface area contributed by atoms with Gasteiger partial charge in [-0.1, -0.05) is 35.9 Å². The van der Waals surface area contributed by atoms with Gasteiger partial charge < -0.3 is 10.5 Å². The first-order valence-corrected chi connectivity index (χ1v) is 4.36. The number of nitrogens with two attached hydrogens (primary N) is 1. The number of halogens is 1. The monoisotopic (exact) mass is 197 g/mol. The summed E-state index contributed by atoms with van der Waals surface area (Å²) in [5.74, 6) is 0.689. The molecule has 1 aromatic rings. The van der Waals surface area contributed by atoms with E-state index in [9.17, 15) is 0 Å². The molecule has 3 heteroatoms. The molecule has 0 aliphatic carbocycles. The van der Waals surface area contributed by atoms with Crippen LogP contribution in [0.5, 0.6) is 5.75 Å². The fourth-order valence-corrected chi connectivity index (χ4v) is 1.33. The van der Waals surface area contributed by atoms with Gasteiger partial charge in [0.2, 0.25) is 0 Å². The van der Waals surface area contributed by atoms with E-state index in [0.29, 0.717) is 17.3 Å². The van der Waals surface area contributed by atoms with Gasteiger partial charge in [0, 0.05) is 12.1 Å². The van der Waals surface area contributed by atoms with E-state index in [1.807, 2.05) is 24.3 Å². The van der Waals surface area contributed by atoms with Gasteiger partial charge in [-0.2, -0.15) is 0 Å². The third kappa shape index (κ3) is 2.47. The Morgan fingerprint density at radius 2 is 2.31 bits per heavy atom. The number of hydrogen-bond acceptors (Lipinski definition) is 2. The Morgan fingerprint density at radius 3 is 2.92 bits per heavy atom. The molecule has 0 unspecified atom stereocenters. The van der Waals surface area contributed by atoms with Gasteiger partial charge in [-0.3, -0.25) is 0 Å². The Hall–Kier alpha value is -0.990. The molecule has 0 saturated heterocycles. The van der Waals surface area contributed by atoms with Gasteiger partial charge in [-0.25, -0.2) is 0 Å². The molecule has 0 atom stereocenters. The van der Waals surface area contributed by atoms with E-state index in [-0.39, 0.29) is 0 Å². The molecule has 1 aromatic carbocycles. The number of methoxy groups -OCH3 is 1. The van der Waals surface area contributed by atoms with E-state index >= 15 is 0 Å². The lowest BCUT2D eigenvalue weighted by molar-refractivity contribution is 0.414. The second-order valence-corrected chi connectivity index (χ2v) is 2.91. The van der Waals surface area contributed by atoms with Gasteiger partial charge in [0.1, 0.15) is 5.75 Å². The first kappa shape index (κ1) is 10.1. The minimum atomic E-state index is 0.510. The van der Waals surface area contributed by atoms with Crippen molar-refractivity contribution in [1.29, 1.82) is 0 Å². The van der Waals surface area contributed by atoms with Crippen molar-refractivity contribution in [3.8, 4) is 5.75 Å². The molecule has 1 rings (SSSR count). The van der Waals surface area contributed by atoms with Crippen LogP contribution >= 0.6 is 11.6 Å². The maximum atomic E-state index is 5.92. The van der Waals surface area contributed by atoms with Gasteiger partial charge >= 0.3 is 0 Å². The molecule has 0 fully saturated rings. The van der Waals surface area contributed by atoms with Crippen LogP contribution in [0.15, 0.2) is 24.3 Å². The molecule has 70 valence electrons. The molecular weight excluding hydrogens is 186 g/mol. The number of benzene rings is 1. The van der Waals surface area contributed by atoms with Crippen molar-refractivity contribution in [2.45, 2.75) is 0 Å². The van der Waals surface area contributed by atoms with Crippen LogP contribution in [0, 0.1) is 0 Å². The molecule has 0 aliphatic heterocycles. The normalized spacial score (nSPS) is 10.7. The number of ether oxygens (including phenoxy) is 1. The quantitative estimate of drug-likeness (QED) is 0.807. The maximum absolute atomic E-state index is 5.92. The lowest BCUT2D eigenvalue weighted by atomic mass is 10.2. The van der Waals surface area contributed by atoms with Crippen molar-refractivity contribution in [2.75, 3.05) is 13.7 Å². The lowest BCUT2D eigenvalue weighted by Gasteiger charge is -2.05. The van der Waals surface area contributed by atoms with Crippen LogP contribution in [-0.2, 0) is 0 Å². The average molecular weight is 198 g/mol. The summed E-state index contributed by atoms with van der Waals surface area (Å²) in [7, 11) is 1.60. The summed E-state index contributed by atoms with van der Waals surface area (Å²) in [5.41, 5.74) is 6.29. The molecular formula is C10H12ClNO. The molecule has 13 heavy (non-hydrogen) atoms. The van der Waals surface area contributed by atoms with E-state index in [0.717, 1.165) is 5.56 Å². The van der Waals surface area contributed by atoms with E-state index in [4.69, 9.17) is 22.1 Å². The SMILES string of the molecule is COc1c(Cl)cccc1C=CCN. The number of para-hydroxylation sites is 1. The van der Waals surface area contributed by atoms with E-state index in [1.54, 1.807) is 13.2 Å². The predicted octanol–water partition coefficient (Wildman–Crippen LogP) is 2.32. The molecule has 2 nitrogen and oxygen atoms in total. The third-order valence-corrected chi connectivity index (χ3v) is 1.93. The average Bonchev–Trinajstić information content (AvgIpc) is 2.15. The zero-order valence-corrected chi connectivity index (χ0v) is 8.21. The van der Waals surface area contributed by atoms with Crippen LogP contribution in [0.3, 0.4) is 0 Å². The highest BCUT2D eigenvalue weighted by molar-refractivity contribution is 6.32. The minimum absolute atomic E-state index is 0.510. The highest BCUT2D eigenvalue weighted by Gasteiger charge is 2.02. The predicted molar refractivity (Wildman–Crippen MR) is 56.1 cm³/mol. The van der Waals surface area contributed by atoms with Gasteiger partial charge in [-0.05, 0) is 6.07 Å². The standard InChI is InChI=1S/C10H12ClNO/c1-13-10-8(5-3-7-12)4-2-6-9(10)11/h2-6H,7,12H2,1H3. The smallest absolute Gasteiger partial charge is 0.144 e. The molecule has 0 aliphatic rings. The Labute approximate surface area is 83.0 Å². The van der Waals surface area contributed by atoms with Crippen LogP contribution in [0.25, 0.3) is 6.08 Å². The van der Waals surface area contributed by atoms with Crippen LogP contribution in [0.1, 0.15) is 5.56 Å². The Bertz CT molecular complexity index is 310. The summed E-state index contributed by atoms with van der Waals surface area (Å²) in [6, 6.07) is 5.60. The molecule has 0 radical (unpaired) electrons. The largest absolute Gasteiger partial charge is 0.495 e. The molecule has 0 amide bonds. The van der Waals surface area contributed by atoms with Crippen LogP contribution in [0.2, 0.25) is 5.02 Å². The Kier molecular flexibility index (Phi) is 3.80. The second kappa shape index (κ2) is 4.90. The van der Waals surface area contributed by atoms with Crippen molar-refractivity contribution in [3.63, 3.8) is 0 Å². The molecule has 0 aromatic heterocycles. The van der Waals surface area contributed by atoms with Gasteiger partial charge in [-0.15, -0.1) is 0 Å². The first-order valence-electron chi connectivity index (χ1n) is 3.98. The van der Waals surface area contributed by atoms with E-state index < -0.39 is 0 Å². The molecule has 0 spiro atoms. The number of hydrogen-bond donors (Lipinski definition) is 1. The highest BCUT2D eigenvalue weighted by atomic mass is 35.5. The van der Waals surface area contributed by atoms with E-state index in [2.05, 4.69) is 0 Å².